The van der Waals surface area contributed by atoms with Crippen LogP contribution in [-0.4, -0.2) is 26.0 Å². The molecule has 1 rings (SSSR count). The summed E-state index contributed by atoms with van der Waals surface area (Å²) in [5.41, 5.74) is 1.77. The minimum Gasteiger partial charge on any atom is -0.457 e. The van der Waals surface area contributed by atoms with E-state index < -0.39 is 13.9 Å². The Morgan fingerprint density at radius 2 is 1.80 bits per heavy atom. The Labute approximate surface area is 155 Å². The summed E-state index contributed by atoms with van der Waals surface area (Å²) in [4.78, 5) is 12.1. The van der Waals surface area contributed by atoms with Crippen molar-refractivity contribution in [3.63, 3.8) is 0 Å². The zero-order chi connectivity index (χ0) is 19.5. The van der Waals surface area contributed by atoms with Crippen LogP contribution < -0.4 is 0 Å². The molecule has 1 atom stereocenters. The molecule has 1 aliphatic rings. The molecule has 0 heterocycles. The lowest BCUT2D eigenvalue weighted by Gasteiger charge is -2.41. The molecule has 0 amide bonds. The van der Waals surface area contributed by atoms with Gasteiger partial charge in [0, 0.05) is 6.08 Å². The van der Waals surface area contributed by atoms with E-state index in [0.717, 1.165) is 24.8 Å². The first-order valence-corrected chi connectivity index (χ1v) is 12.1. The Hall–Kier alpha value is -1.13. The quantitative estimate of drug-likeness (QED) is 0.344. The normalized spacial score (nSPS) is 20.1. The van der Waals surface area contributed by atoms with Crippen LogP contribution in [0.2, 0.25) is 18.1 Å². The Bertz CT molecular complexity index is 557. The maximum atomic E-state index is 12.1. The monoisotopic (exact) mass is 364 g/mol. The lowest BCUT2D eigenvalue weighted by Crippen LogP contribution is -2.44. The Balaban J connectivity index is 3.06. The summed E-state index contributed by atoms with van der Waals surface area (Å²) in [6.45, 7) is 20.8. The maximum absolute atomic E-state index is 12.1. The number of rotatable bonds is 5. The summed E-state index contributed by atoms with van der Waals surface area (Å²) in [5.74, 6) is -0.319. The van der Waals surface area contributed by atoms with Gasteiger partial charge < -0.3 is 9.16 Å². The molecule has 0 N–H and O–H groups in total. The van der Waals surface area contributed by atoms with Crippen molar-refractivity contribution in [3.05, 3.63) is 36.0 Å². The van der Waals surface area contributed by atoms with Crippen LogP contribution >= 0.6 is 0 Å². The molecule has 0 saturated carbocycles. The summed E-state index contributed by atoms with van der Waals surface area (Å²) in [7, 11) is -1.89. The molecule has 0 saturated heterocycles. The SMILES string of the molecule is C=CC1=C(/C=C/C(=O)OC(C)(C)C)C(O[Si](C)(C)C(C)(C)C)CCC1. The molecule has 0 aromatic carbocycles. The predicted molar refractivity (Wildman–Crippen MR) is 108 cm³/mol. The third-order valence-corrected chi connectivity index (χ3v) is 9.41. The molecule has 25 heavy (non-hydrogen) atoms. The first kappa shape index (κ1) is 21.9. The molecule has 4 heteroatoms. The zero-order valence-electron chi connectivity index (χ0n) is 17.4. The molecule has 0 aromatic heterocycles. The van der Waals surface area contributed by atoms with Crippen molar-refractivity contribution < 1.29 is 14.0 Å². The van der Waals surface area contributed by atoms with Gasteiger partial charge in [-0.05, 0) is 75.4 Å². The van der Waals surface area contributed by atoms with Crippen LogP contribution in [0.1, 0.15) is 60.8 Å². The fourth-order valence-corrected chi connectivity index (χ4v) is 3.88. The van der Waals surface area contributed by atoms with Crippen molar-refractivity contribution in [2.45, 2.75) is 90.6 Å². The molecule has 0 aliphatic heterocycles. The van der Waals surface area contributed by atoms with Gasteiger partial charge in [-0.25, -0.2) is 4.79 Å². The molecule has 3 nitrogen and oxygen atoms in total. The van der Waals surface area contributed by atoms with Gasteiger partial charge in [0.05, 0.1) is 6.10 Å². The third-order valence-electron chi connectivity index (χ3n) is 4.93. The Kier molecular flexibility index (Phi) is 7.05. The van der Waals surface area contributed by atoms with Crippen molar-refractivity contribution in [2.75, 3.05) is 0 Å². The van der Waals surface area contributed by atoms with Crippen molar-refractivity contribution in [1.82, 2.24) is 0 Å². The van der Waals surface area contributed by atoms with Crippen LogP contribution in [0.5, 0.6) is 0 Å². The Morgan fingerprint density at radius 1 is 1.20 bits per heavy atom. The van der Waals surface area contributed by atoms with Gasteiger partial charge in [-0.15, -0.1) is 0 Å². The average molecular weight is 365 g/mol. The second-order valence-corrected chi connectivity index (χ2v) is 14.1. The molecule has 0 radical (unpaired) electrons. The number of hydrogen-bond donors (Lipinski definition) is 0. The van der Waals surface area contributed by atoms with Crippen LogP contribution in [0.3, 0.4) is 0 Å². The van der Waals surface area contributed by atoms with Gasteiger partial charge in [-0.3, -0.25) is 0 Å². The first-order valence-electron chi connectivity index (χ1n) is 9.21. The van der Waals surface area contributed by atoms with E-state index in [1.807, 2.05) is 32.9 Å². The highest BCUT2D eigenvalue weighted by Crippen LogP contribution is 2.40. The van der Waals surface area contributed by atoms with E-state index in [1.165, 1.54) is 11.6 Å². The van der Waals surface area contributed by atoms with Gasteiger partial charge in [0.1, 0.15) is 5.60 Å². The number of carbonyl (C=O) groups is 1. The van der Waals surface area contributed by atoms with Gasteiger partial charge in [0.25, 0.3) is 0 Å². The predicted octanol–water partition coefficient (Wildman–Crippen LogP) is 5.94. The molecular weight excluding hydrogens is 328 g/mol. The van der Waals surface area contributed by atoms with Crippen molar-refractivity contribution in [1.29, 1.82) is 0 Å². The third kappa shape index (κ3) is 6.59. The zero-order valence-corrected chi connectivity index (χ0v) is 18.4. The fraction of sp³-hybridized carbons (Fsp3) is 0.667. The van der Waals surface area contributed by atoms with Crippen LogP contribution in [0.25, 0.3) is 0 Å². The molecule has 1 aliphatic carbocycles. The van der Waals surface area contributed by atoms with Gasteiger partial charge >= 0.3 is 5.97 Å². The van der Waals surface area contributed by atoms with E-state index in [2.05, 4.69) is 40.4 Å². The van der Waals surface area contributed by atoms with E-state index in [1.54, 1.807) is 0 Å². The molecule has 0 spiro atoms. The molecule has 0 fully saturated rings. The number of ether oxygens (including phenoxy) is 1. The lowest BCUT2D eigenvalue weighted by molar-refractivity contribution is -0.148. The maximum Gasteiger partial charge on any atom is 0.331 e. The summed E-state index contributed by atoms with van der Waals surface area (Å²) in [6, 6.07) is 0. The minimum absolute atomic E-state index is 0.0290. The molecule has 0 aromatic rings. The fourth-order valence-electron chi connectivity index (χ4n) is 2.57. The second-order valence-electron chi connectivity index (χ2n) is 9.31. The summed E-state index contributed by atoms with van der Waals surface area (Å²) in [5, 5.41) is 0.152. The molecule has 142 valence electrons. The smallest absolute Gasteiger partial charge is 0.331 e. The number of esters is 1. The van der Waals surface area contributed by atoms with Crippen molar-refractivity contribution in [2.24, 2.45) is 0 Å². The van der Waals surface area contributed by atoms with Gasteiger partial charge in [0.15, 0.2) is 8.32 Å². The Morgan fingerprint density at radius 3 is 2.28 bits per heavy atom. The second kappa shape index (κ2) is 8.04. The minimum atomic E-state index is -1.89. The van der Waals surface area contributed by atoms with E-state index >= 15 is 0 Å². The van der Waals surface area contributed by atoms with Crippen LogP contribution in [0.15, 0.2) is 36.0 Å². The summed E-state index contributed by atoms with van der Waals surface area (Å²) < 4.78 is 12.0. The van der Waals surface area contributed by atoms with E-state index in [0.29, 0.717) is 0 Å². The summed E-state index contributed by atoms with van der Waals surface area (Å²) >= 11 is 0. The lowest BCUT2D eigenvalue weighted by atomic mass is 9.89. The number of allylic oxidation sites excluding steroid dienone is 2. The highest BCUT2D eigenvalue weighted by molar-refractivity contribution is 6.74. The number of hydrogen-bond acceptors (Lipinski definition) is 3. The van der Waals surface area contributed by atoms with E-state index in [9.17, 15) is 4.79 Å². The highest BCUT2D eigenvalue weighted by atomic mass is 28.4. The molecule has 0 bridgehead atoms. The standard InChI is InChI=1S/C21H36O3Si/c1-10-16-12-11-13-18(24-25(8,9)21(5,6)7)17(16)14-15-19(22)23-20(2,3)4/h10,14-15,18H,1,11-13H2,2-9H3/b15-14+. The molecular formula is C21H36O3Si. The largest absolute Gasteiger partial charge is 0.457 e. The van der Waals surface area contributed by atoms with Crippen molar-refractivity contribution in [3.8, 4) is 0 Å². The van der Waals surface area contributed by atoms with E-state index in [4.69, 9.17) is 9.16 Å². The van der Waals surface area contributed by atoms with Gasteiger partial charge in [-0.2, -0.15) is 0 Å². The van der Waals surface area contributed by atoms with E-state index in [-0.39, 0.29) is 17.1 Å². The van der Waals surface area contributed by atoms with Crippen LogP contribution in [-0.2, 0) is 14.0 Å². The number of carbonyl (C=O) groups excluding carboxylic acids is 1. The molecule has 1 unspecified atom stereocenters. The summed E-state index contributed by atoms with van der Waals surface area (Å²) in [6.07, 6.45) is 8.38. The first-order chi connectivity index (χ1) is 11.3. The van der Waals surface area contributed by atoms with Crippen LogP contribution in [0.4, 0.5) is 0 Å². The topological polar surface area (TPSA) is 35.5 Å². The van der Waals surface area contributed by atoms with Gasteiger partial charge in [0.2, 0.25) is 0 Å². The highest BCUT2D eigenvalue weighted by Gasteiger charge is 2.40. The van der Waals surface area contributed by atoms with Crippen LogP contribution in [0, 0.1) is 0 Å². The van der Waals surface area contributed by atoms with Gasteiger partial charge in [-0.1, -0.05) is 33.4 Å². The van der Waals surface area contributed by atoms with Crippen molar-refractivity contribution >= 4 is 14.3 Å². The average Bonchev–Trinajstić information content (AvgIpc) is 2.42.